The number of methoxy groups -OCH3 is 1. The first kappa shape index (κ1) is 17.3. The van der Waals surface area contributed by atoms with Crippen molar-refractivity contribution in [2.75, 3.05) is 38.2 Å². The molecular formula is C22H23N3O2. The minimum Gasteiger partial charge on any atom is -0.497 e. The van der Waals surface area contributed by atoms with E-state index in [0.29, 0.717) is 18.7 Å². The van der Waals surface area contributed by atoms with E-state index in [1.54, 1.807) is 7.11 Å². The molecule has 1 aromatic heterocycles. The molecule has 2 heterocycles. The molecular weight excluding hydrogens is 338 g/mol. The zero-order valence-corrected chi connectivity index (χ0v) is 15.7. The zero-order chi connectivity index (χ0) is 18.8. The molecule has 0 unspecified atom stereocenters. The highest BCUT2D eigenvalue weighted by atomic mass is 16.5. The summed E-state index contributed by atoms with van der Waals surface area (Å²) >= 11 is 0. The van der Waals surface area contributed by atoms with Gasteiger partial charge in [0.15, 0.2) is 0 Å². The van der Waals surface area contributed by atoms with Crippen molar-refractivity contribution < 1.29 is 9.53 Å². The summed E-state index contributed by atoms with van der Waals surface area (Å²) in [5.74, 6) is 0.830. The molecule has 0 aliphatic carbocycles. The number of rotatable bonds is 3. The molecule has 0 N–H and O–H groups in total. The molecule has 3 aromatic rings. The normalized spacial score (nSPS) is 14.4. The maximum atomic E-state index is 13.1. The highest BCUT2D eigenvalue weighted by molar-refractivity contribution is 5.99. The molecule has 1 aliphatic heterocycles. The van der Waals surface area contributed by atoms with E-state index in [0.717, 1.165) is 35.4 Å². The summed E-state index contributed by atoms with van der Waals surface area (Å²) in [4.78, 5) is 21.9. The topological polar surface area (TPSA) is 45.7 Å². The van der Waals surface area contributed by atoms with Gasteiger partial charge in [-0.2, -0.15) is 0 Å². The molecule has 2 aromatic carbocycles. The fourth-order valence-corrected chi connectivity index (χ4v) is 3.56. The van der Waals surface area contributed by atoms with Crippen molar-refractivity contribution in [3.63, 3.8) is 0 Å². The molecule has 4 rings (SSSR count). The number of para-hydroxylation sites is 1. The molecule has 27 heavy (non-hydrogen) atoms. The first-order valence-corrected chi connectivity index (χ1v) is 9.20. The SMILES string of the molecule is COc1ccc2cc(C(=O)N3CCN(c4ccccc4)CC3)c(C)nc2c1. The summed E-state index contributed by atoms with van der Waals surface area (Å²) < 4.78 is 5.26. The minimum atomic E-state index is 0.0606. The molecule has 1 aliphatic rings. The third-order valence-electron chi connectivity index (χ3n) is 5.13. The predicted octanol–water partition coefficient (Wildman–Crippen LogP) is 3.51. The van der Waals surface area contributed by atoms with Crippen LogP contribution in [0.3, 0.4) is 0 Å². The van der Waals surface area contributed by atoms with Crippen LogP contribution >= 0.6 is 0 Å². The number of aromatic nitrogens is 1. The van der Waals surface area contributed by atoms with Gasteiger partial charge < -0.3 is 14.5 Å². The van der Waals surface area contributed by atoms with Gasteiger partial charge in [-0.25, -0.2) is 0 Å². The Kier molecular flexibility index (Phi) is 4.67. The van der Waals surface area contributed by atoms with E-state index >= 15 is 0 Å². The van der Waals surface area contributed by atoms with Crippen LogP contribution in [0.1, 0.15) is 16.1 Å². The average Bonchev–Trinajstić information content (AvgIpc) is 2.73. The Hall–Kier alpha value is -3.08. The summed E-state index contributed by atoms with van der Waals surface area (Å²) in [5.41, 5.74) is 3.49. The first-order chi connectivity index (χ1) is 13.2. The molecule has 1 saturated heterocycles. The van der Waals surface area contributed by atoms with Crippen molar-refractivity contribution in [1.82, 2.24) is 9.88 Å². The number of nitrogens with zero attached hydrogens (tertiary/aromatic N) is 3. The molecule has 0 spiro atoms. The van der Waals surface area contributed by atoms with Gasteiger partial charge in [0.25, 0.3) is 5.91 Å². The van der Waals surface area contributed by atoms with Crippen LogP contribution in [0, 0.1) is 6.92 Å². The smallest absolute Gasteiger partial charge is 0.255 e. The predicted molar refractivity (Wildman–Crippen MR) is 108 cm³/mol. The molecule has 138 valence electrons. The van der Waals surface area contributed by atoms with Crippen LogP contribution in [0.4, 0.5) is 5.69 Å². The molecule has 5 nitrogen and oxygen atoms in total. The van der Waals surface area contributed by atoms with Crippen molar-refractivity contribution in [2.45, 2.75) is 6.92 Å². The fraction of sp³-hybridized carbons (Fsp3) is 0.273. The lowest BCUT2D eigenvalue weighted by atomic mass is 10.1. The number of anilines is 1. The Morgan fingerprint density at radius 3 is 2.44 bits per heavy atom. The van der Waals surface area contributed by atoms with Crippen molar-refractivity contribution in [2.24, 2.45) is 0 Å². The summed E-state index contributed by atoms with van der Waals surface area (Å²) in [6.45, 7) is 5.01. The Labute approximate surface area is 159 Å². The summed E-state index contributed by atoms with van der Waals surface area (Å²) in [5, 5.41) is 0.952. The molecule has 5 heteroatoms. The van der Waals surface area contributed by atoms with Gasteiger partial charge in [0, 0.05) is 43.3 Å². The monoisotopic (exact) mass is 361 g/mol. The second-order valence-corrected chi connectivity index (χ2v) is 6.79. The van der Waals surface area contributed by atoms with Crippen LogP contribution in [0.15, 0.2) is 54.6 Å². The van der Waals surface area contributed by atoms with Gasteiger partial charge in [0.1, 0.15) is 5.75 Å². The summed E-state index contributed by atoms with van der Waals surface area (Å²) in [6.07, 6.45) is 0. The van der Waals surface area contributed by atoms with Crippen LogP contribution in [0.25, 0.3) is 10.9 Å². The van der Waals surface area contributed by atoms with Crippen molar-refractivity contribution in [3.8, 4) is 5.75 Å². The van der Waals surface area contributed by atoms with Gasteiger partial charge in [-0.1, -0.05) is 18.2 Å². The van der Waals surface area contributed by atoms with Gasteiger partial charge in [-0.15, -0.1) is 0 Å². The largest absolute Gasteiger partial charge is 0.497 e. The number of pyridine rings is 1. The van der Waals surface area contributed by atoms with Crippen LogP contribution in [-0.4, -0.2) is 49.1 Å². The highest BCUT2D eigenvalue weighted by Crippen LogP contribution is 2.23. The van der Waals surface area contributed by atoms with E-state index < -0.39 is 0 Å². The number of piperazine rings is 1. The quantitative estimate of drug-likeness (QED) is 0.716. The number of amides is 1. The number of fused-ring (bicyclic) bond motifs is 1. The number of hydrogen-bond donors (Lipinski definition) is 0. The second-order valence-electron chi connectivity index (χ2n) is 6.79. The second kappa shape index (κ2) is 7.27. The van der Waals surface area contributed by atoms with E-state index in [2.05, 4.69) is 22.0 Å². The zero-order valence-electron chi connectivity index (χ0n) is 15.7. The first-order valence-electron chi connectivity index (χ1n) is 9.20. The number of hydrogen-bond acceptors (Lipinski definition) is 4. The van der Waals surface area contributed by atoms with E-state index in [1.165, 1.54) is 5.69 Å². The van der Waals surface area contributed by atoms with E-state index in [-0.39, 0.29) is 5.91 Å². The number of ether oxygens (including phenoxy) is 1. The van der Waals surface area contributed by atoms with Crippen molar-refractivity contribution >= 4 is 22.5 Å². The van der Waals surface area contributed by atoms with Crippen LogP contribution in [0.2, 0.25) is 0 Å². The molecule has 0 bridgehead atoms. The Balaban J connectivity index is 1.52. The lowest BCUT2D eigenvalue weighted by Gasteiger charge is -2.36. The van der Waals surface area contributed by atoms with Gasteiger partial charge in [0.2, 0.25) is 0 Å². The number of carbonyl (C=O) groups excluding carboxylic acids is 1. The summed E-state index contributed by atoms with van der Waals surface area (Å²) in [7, 11) is 1.64. The van der Waals surface area contributed by atoms with Gasteiger partial charge in [-0.3, -0.25) is 9.78 Å². The maximum Gasteiger partial charge on any atom is 0.255 e. The van der Waals surface area contributed by atoms with Gasteiger partial charge in [-0.05, 0) is 37.3 Å². The fourth-order valence-electron chi connectivity index (χ4n) is 3.56. The number of carbonyl (C=O) groups is 1. The van der Waals surface area contributed by atoms with E-state index in [4.69, 9.17) is 4.74 Å². The van der Waals surface area contributed by atoms with Crippen LogP contribution < -0.4 is 9.64 Å². The summed E-state index contributed by atoms with van der Waals surface area (Å²) in [6, 6.07) is 18.0. The average molecular weight is 361 g/mol. The molecule has 1 amide bonds. The standard InChI is InChI=1S/C22H23N3O2/c1-16-20(14-17-8-9-19(27-2)15-21(17)23-16)22(26)25-12-10-24(11-13-25)18-6-4-3-5-7-18/h3-9,14-15H,10-13H2,1-2H3. The Bertz CT molecular complexity index is 964. The van der Waals surface area contributed by atoms with Gasteiger partial charge >= 0.3 is 0 Å². The van der Waals surface area contributed by atoms with Crippen LogP contribution in [-0.2, 0) is 0 Å². The van der Waals surface area contributed by atoms with Crippen LogP contribution in [0.5, 0.6) is 5.75 Å². The minimum absolute atomic E-state index is 0.0606. The lowest BCUT2D eigenvalue weighted by Crippen LogP contribution is -2.49. The van der Waals surface area contributed by atoms with E-state index in [1.807, 2.05) is 54.3 Å². The molecule has 0 saturated carbocycles. The highest BCUT2D eigenvalue weighted by Gasteiger charge is 2.24. The Morgan fingerprint density at radius 2 is 1.74 bits per heavy atom. The third kappa shape index (κ3) is 3.45. The molecule has 0 radical (unpaired) electrons. The van der Waals surface area contributed by atoms with Crippen molar-refractivity contribution in [1.29, 1.82) is 0 Å². The number of benzene rings is 2. The molecule has 0 atom stereocenters. The van der Waals surface area contributed by atoms with Crippen molar-refractivity contribution in [3.05, 3.63) is 65.9 Å². The third-order valence-corrected chi connectivity index (χ3v) is 5.13. The Morgan fingerprint density at radius 1 is 1.00 bits per heavy atom. The maximum absolute atomic E-state index is 13.1. The van der Waals surface area contributed by atoms with Gasteiger partial charge in [0.05, 0.1) is 23.9 Å². The lowest BCUT2D eigenvalue weighted by molar-refractivity contribution is 0.0746. The number of aryl methyl sites for hydroxylation is 1. The van der Waals surface area contributed by atoms with E-state index in [9.17, 15) is 4.79 Å². The molecule has 1 fully saturated rings.